The van der Waals surface area contributed by atoms with Crippen molar-refractivity contribution in [3.8, 4) is 0 Å². The first-order valence-corrected chi connectivity index (χ1v) is 8.41. The average molecular weight is 258 g/mol. The van der Waals surface area contributed by atoms with E-state index in [1.165, 1.54) is 96.3 Å². The predicted molar refractivity (Wildman–Crippen MR) is 85.6 cm³/mol. The van der Waals surface area contributed by atoms with E-state index in [0.29, 0.717) is 0 Å². The molecule has 3 N–H and O–H groups in total. The van der Waals surface area contributed by atoms with Crippen LogP contribution in [0, 0.1) is 0 Å². The van der Waals surface area contributed by atoms with Crippen LogP contribution in [0.2, 0.25) is 0 Å². The molecule has 18 heavy (non-hydrogen) atoms. The summed E-state index contributed by atoms with van der Waals surface area (Å²) in [4.78, 5) is 0. The van der Waals surface area contributed by atoms with Crippen molar-refractivity contribution >= 4 is 0 Å². The van der Waals surface area contributed by atoms with Gasteiger partial charge in [-0.05, 0) is 0 Å². The molecule has 0 bridgehead atoms. The summed E-state index contributed by atoms with van der Waals surface area (Å²) in [5.41, 5.74) is 0. The van der Waals surface area contributed by atoms with Gasteiger partial charge in [-0.25, -0.2) is 0 Å². The molecule has 0 rings (SSSR count). The Morgan fingerprint density at radius 1 is 0.333 bits per heavy atom. The van der Waals surface area contributed by atoms with Crippen LogP contribution in [0.25, 0.3) is 0 Å². The average Bonchev–Trinajstić information content (AvgIpc) is 2.35. The molecule has 0 aliphatic heterocycles. The summed E-state index contributed by atoms with van der Waals surface area (Å²) in [6, 6.07) is 0. The largest absolute Gasteiger partial charge is 0.344 e. The highest BCUT2D eigenvalue weighted by Gasteiger charge is 1.93. The number of rotatable bonds is 14. The summed E-state index contributed by atoms with van der Waals surface area (Å²) in [6.07, 6.45) is 21.9. The lowest BCUT2D eigenvalue weighted by molar-refractivity contribution is 0.534. The van der Waals surface area contributed by atoms with Gasteiger partial charge < -0.3 is 6.15 Å². The summed E-state index contributed by atoms with van der Waals surface area (Å²) in [7, 11) is 0. The van der Waals surface area contributed by atoms with Crippen LogP contribution in [0.5, 0.6) is 0 Å². The topological polar surface area (TPSA) is 35.0 Å². The third-order valence-corrected chi connectivity index (χ3v) is 3.71. The molecule has 0 aliphatic carbocycles. The minimum absolute atomic E-state index is 0. The van der Waals surface area contributed by atoms with Crippen molar-refractivity contribution in [1.82, 2.24) is 6.15 Å². The third-order valence-electron chi connectivity index (χ3n) is 3.71. The van der Waals surface area contributed by atoms with Gasteiger partial charge >= 0.3 is 0 Å². The van der Waals surface area contributed by atoms with Crippen molar-refractivity contribution in [2.24, 2.45) is 0 Å². The summed E-state index contributed by atoms with van der Waals surface area (Å²) in [5, 5.41) is 0. The molecule has 0 aromatic carbocycles. The Bertz CT molecular complexity index is 109. The second-order valence-corrected chi connectivity index (χ2v) is 5.60. The lowest BCUT2D eigenvalue weighted by atomic mass is 10.0. The van der Waals surface area contributed by atoms with Gasteiger partial charge in [0.05, 0.1) is 0 Å². The van der Waals surface area contributed by atoms with E-state index in [-0.39, 0.29) is 6.15 Å². The molecule has 112 valence electrons. The van der Waals surface area contributed by atoms with Gasteiger partial charge in [-0.3, -0.25) is 0 Å². The lowest BCUT2D eigenvalue weighted by Gasteiger charge is -2.02. The first kappa shape index (κ1) is 20.3. The minimum atomic E-state index is 0. The van der Waals surface area contributed by atoms with E-state index >= 15 is 0 Å². The first-order valence-electron chi connectivity index (χ1n) is 8.41. The van der Waals surface area contributed by atoms with Crippen LogP contribution in [-0.4, -0.2) is 0 Å². The zero-order valence-electron chi connectivity index (χ0n) is 13.3. The fourth-order valence-corrected chi connectivity index (χ4v) is 2.44. The minimum Gasteiger partial charge on any atom is -0.344 e. The van der Waals surface area contributed by atoms with E-state index in [0.717, 1.165) is 0 Å². The second-order valence-electron chi connectivity index (χ2n) is 5.60. The van der Waals surface area contributed by atoms with Gasteiger partial charge in [-0.1, -0.05) is 110 Å². The molecule has 0 unspecified atom stereocenters. The van der Waals surface area contributed by atoms with Gasteiger partial charge in [0.2, 0.25) is 0 Å². The molecule has 1 nitrogen and oxygen atoms in total. The van der Waals surface area contributed by atoms with Gasteiger partial charge in [0, 0.05) is 0 Å². The molecule has 0 saturated carbocycles. The Morgan fingerprint density at radius 2 is 0.500 bits per heavy atom. The van der Waals surface area contributed by atoms with Crippen molar-refractivity contribution in [2.75, 3.05) is 0 Å². The molecule has 0 fully saturated rings. The molecule has 0 spiro atoms. The normalized spacial score (nSPS) is 10.3. The quantitative estimate of drug-likeness (QED) is 0.333. The maximum absolute atomic E-state index is 2.29. The van der Waals surface area contributed by atoms with Crippen LogP contribution >= 0.6 is 0 Å². The molecule has 0 amide bonds. The fraction of sp³-hybridized carbons (Fsp3) is 1.00. The van der Waals surface area contributed by atoms with E-state index < -0.39 is 0 Å². The molecule has 0 aliphatic rings. The summed E-state index contributed by atoms with van der Waals surface area (Å²) >= 11 is 0. The molecule has 0 radical (unpaired) electrons. The van der Waals surface area contributed by atoms with Gasteiger partial charge in [-0.15, -0.1) is 0 Å². The smallest absolute Gasteiger partial charge is 0.0533 e. The molecule has 0 aromatic heterocycles. The number of hydrogen-bond donors (Lipinski definition) is 1. The van der Waals surface area contributed by atoms with E-state index in [1.807, 2.05) is 0 Å². The number of hydrogen-bond acceptors (Lipinski definition) is 1. The second kappa shape index (κ2) is 19.3. The lowest BCUT2D eigenvalue weighted by Crippen LogP contribution is -1.82. The maximum atomic E-state index is 2.29. The Labute approximate surface area is 117 Å². The molecule has 0 atom stereocenters. The molecule has 1 heteroatoms. The van der Waals surface area contributed by atoms with E-state index in [2.05, 4.69) is 13.8 Å². The first-order chi connectivity index (χ1) is 8.41. The molecule has 0 aromatic rings. The Kier molecular flexibility index (Phi) is 21.7. The Morgan fingerprint density at radius 3 is 0.667 bits per heavy atom. The summed E-state index contributed by atoms with van der Waals surface area (Å²) < 4.78 is 0. The fourth-order valence-electron chi connectivity index (χ4n) is 2.44. The molecule has 0 heterocycles. The Hall–Kier alpha value is -0.0400. The molecular formula is C17H39N. The monoisotopic (exact) mass is 257 g/mol. The van der Waals surface area contributed by atoms with E-state index in [1.54, 1.807) is 0 Å². The van der Waals surface area contributed by atoms with E-state index in [9.17, 15) is 0 Å². The van der Waals surface area contributed by atoms with Crippen molar-refractivity contribution in [2.45, 2.75) is 110 Å². The SMILES string of the molecule is CCCCCCCCCCCCCCCCC.N. The Balaban J connectivity index is 0. The van der Waals surface area contributed by atoms with Crippen molar-refractivity contribution < 1.29 is 0 Å². The van der Waals surface area contributed by atoms with Crippen molar-refractivity contribution in [3.63, 3.8) is 0 Å². The third kappa shape index (κ3) is 18.3. The summed E-state index contributed by atoms with van der Waals surface area (Å²) in [6.45, 7) is 4.58. The van der Waals surface area contributed by atoms with Gasteiger partial charge in [-0.2, -0.15) is 0 Å². The van der Waals surface area contributed by atoms with Crippen molar-refractivity contribution in [1.29, 1.82) is 0 Å². The van der Waals surface area contributed by atoms with Gasteiger partial charge in [0.15, 0.2) is 0 Å². The van der Waals surface area contributed by atoms with Crippen LogP contribution < -0.4 is 6.15 Å². The predicted octanol–water partition coefficient (Wildman–Crippen LogP) is 7.04. The maximum Gasteiger partial charge on any atom is -0.0533 e. The standard InChI is InChI=1S/C17H36.H3N/c1-3-5-7-9-11-13-15-17-16-14-12-10-8-6-4-2;/h3-17H2,1-2H3;1H3. The summed E-state index contributed by atoms with van der Waals surface area (Å²) in [5.74, 6) is 0. The highest BCUT2D eigenvalue weighted by Crippen LogP contribution is 2.13. The zero-order valence-corrected chi connectivity index (χ0v) is 13.3. The molecule has 0 saturated heterocycles. The van der Waals surface area contributed by atoms with Crippen LogP contribution in [0.1, 0.15) is 110 Å². The van der Waals surface area contributed by atoms with Crippen LogP contribution in [-0.2, 0) is 0 Å². The van der Waals surface area contributed by atoms with E-state index in [4.69, 9.17) is 0 Å². The van der Waals surface area contributed by atoms with Crippen LogP contribution in [0.4, 0.5) is 0 Å². The highest BCUT2D eigenvalue weighted by molar-refractivity contribution is 4.48. The molecular weight excluding hydrogens is 218 g/mol. The van der Waals surface area contributed by atoms with Crippen molar-refractivity contribution in [3.05, 3.63) is 0 Å². The zero-order chi connectivity index (χ0) is 12.6. The highest BCUT2D eigenvalue weighted by atomic mass is 14.0. The van der Waals surface area contributed by atoms with Crippen LogP contribution in [0.15, 0.2) is 0 Å². The number of unbranched alkanes of at least 4 members (excludes halogenated alkanes) is 14. The van der Waals surface area contributed by atoms with Gasteiger partial charge in [0.25, 0.3) is 0 Å². The van der Waals surface area contributed by atoms with Crippen LogP contribution in [0.3, 0.4) is 0 Å². The van der Waals surface area contributed by atoms with Gasteiger partial charge in [0.1, 0.15) is 0 Å².